The summed E-state index contributed by atoms with van der Waals surface area (Å²) in [4.78, 5) is 22.2. The van der Waals surface area contributed by atoms with E-state index in [2.05, 4.69) is 19.8 Å². The Labute approximate surface area is 192 Å². The highest BCUT2D eigenvalue weighted by Gasteiger charge is 2.27. The van der Waals surface area contributed by atoms with E-state index < -0.39 is 10.0 Å². The van der Waals surface area contributed by atoms with Gasteiger partial charge in [0.1, 0.15) is 11.0 Å². The summed E-state index contributed by atoms with van der Waals surface area (Å²) in [6.07, 6.45) is 3.07. The van der Waals surface area contributed by atoms with E-state index in [1.165, 1.54) is 24.0 Å². The van der Waals surface area contributed by atoms with Crippen LogP contribution in [0.1, 0.15) is 24.5 Å². The van der Waals surface area contributed by atoms with E-state index in [1.54, 1.807) is 18.0 Å². The number of nitrogens with zero attached hydrogens (tertiary/aromatic N) is 5. The van der Waals surface area contributed by atoms with Crippen molar-refractivity contribution in [3.8, 4) is 17.1 Å². The molecule has 1 aromatic carbocycles. The number of carbonyl (C=O) groups excluding carboxylic acids is 1. The zero-order valence-electron chi connectivity index (χ0n) is 18.9. The second-order valence-electron chi connectivity index (χ2n) is 8.13. The first-order chi connectivity index (χ1) is 15.6. The quantitative estimate of drug-likeness (QED) is 0.587. The first-order valence-corrected chi connectivity index (χ1v) is 12.0. The summed E-state index contributed by atoms with van der Waals surface area (Å²) in [5, 5.41) is 3.92. The van der Waals surface area contributed by atoms with Gasteiger partial charge >= 0.3 is 0 Å². The Morgan fingerprint density at radius 3 is 2.55 bits per heavy atom. The van der Waals surface area contributed by atoms with Gasteiger partial charge in [0, 0.05) is 44.8 Å². The van der Waals surface area contributed by atoms with Crippen molar-refractivity contribution in [2.24, 2.45) is 7.05 Å². The third-order valence-electron chi connectivity index (χ3n) is 5.53. The van der Waals surface area contributed by atoms with Gasteiger partial charge in [0.05, 0.1) is 18.4 Å². The Hall–Kier alpha value is -3.47. The summed E-state index contributed by atoms with van der Waals surface area (Å²) in [5.41, 5.74) is 3.40. The van der Waals surface area contributed by atoms with Gasteiger partial charge in [-0.2, -0.15) is 10.1 Å². The molecule has 1 saturated heterocycles. The fourth-order valence-electron chi connectivity index (χ4n) is 3.88. The Balaban J connectivity index is 1.71. The lowest BCUT2D eigenvalue weighted by Gasteiger charge is -2.17. The van der Waals surface area contributed by atoms with Crippen LogP contribution in [0.3, 0.4) is 0 Å². The first kappa shape index (κ1) is 22.7. The normalized spacial score (nSPS) is 16.1. The summed E-state index contributed by atoms with van der Waals surface area (Å²) in [6, 6.07) is 7.58. The van der Waals surface area contributed by atoms with Crippen LogP contribution in [0.25, 0.3) is 11.3 Å². The molecule has 2 aromatic heterocycles. The molecule has 10 nitrogen and oxygen atoms in total. The number of aromatic nitrogens is 4. The van der Waals surface area contributed by atoms with Crippen molar-refractivity contribution < 1.29 is 17.9 Å². The van der Waals surface area contributed by atoms with E-state index in [-0.39, 0.29) is 28.7 Å². The van der Waals surface area contributed by atoms with Gasteiger partial charge in [0.2, 0.25) is 17.7 Å². The second kappa shape index (κ2) is 8.81. The lowest BCUT2D eigenvalue weighted by atomic mass is 10.00. The summed E-state index contributed by atoms with van der Waals surface area (Å²) < 4.78 is 35.6. The van der Waals surface area contributed by atoms with Crippen LogP contribution >= 0.6 is 0 Å². The van der Waals surface area contributed by atoms with Crippen LogP contribution in [0, 0.1) is 13.8 Å². The lowest BCUT2D eigenvalue weighted by Crippen LogP contribution is -2.28. The average molecular weight is 471 g/mol. The van der Waals surface area contributed by atoms with E-state index in [1.807, 2.05) is 32.0 Å². The van der Waals surface area contributed by atoms with Crippen molar-refractivity contribution in [2.75, 3.05) is 17.8 Å². The molecule has 0 spiro atoms. The number of likely N-dealkylation sites (tertiary alicyclic amines) is 1. The molecule has 3 heterocycles. The van der Waals surface area contributed by atoms with Crippen molar-refractivity contribution in [2.45, 2.75) is 38.2 Å². The summed E-state index contributed by atoms with van der Waals surface area (Å²) >= 11 is 0. The third-order valence-corrected chi connectivity index (χ3v) is 6.82. The van der Waals surface area contributed by atoms with Crippen LogP contribution in [-0.2, 0) is 21.9 Å². The van der Waals surface area contributed by atoms with Crippen LogP contribution in [0.4, 0.5) is 5.95 Å². The Morgan fingerprint density at radius 2 is 1.94 bits per heavy atom. The van der Waals surface area contributed by atoms with Crippen LogP contribution in [0.2, 0.25) is 0 Å². The number of carbonyl (C=O) groups is 1. The van der Waals surface area contributed by atoms with Gasteiger partial charge in [-0.3, -0.25) is 9.48 Å². The fourth-order valence-corrected chi connectivity index (χ4v) is 4.80. The molecule has 0 bridgehead atoms. The zero-order chi connectivity index (χ0) is 23.8. The summed E-state index contributed by atoms with van der Waals surface area (Å²) in [5.74, 6) is 0.127. The highest BCUT2D eigenvalue weighted by Crippen LogP contribution is 2.30. The molecular formula is C22H26N6O4S. The minimum atomic E-state index is -3.94. The highest BCUT2D eigenvalue weighted by atomic mass is 32.2. The molecule has 1 amide bonds. The molecule has 33 heavy (non-hydrogen) atoms. The highest BCUT2D eigenvalue weighted by molar-refractivity contribution is 7.92. The summed E-state index contributed by atoms with van der Waals surface area (Å²) in [6.45, 7) is 6.51. The molecule has 4 rings (SSSR count). The van der Waals surface area contributed by atoms with Gasteiger partial charge in [-0.1, -0.05) is 18.2 Å². The van der Waals surface area contributed by atoms with Crippen molar-refractivity contribution in [1.29, 1.82) is 0 Å². The molecule has 1 fully saturated rings. The topological polar surface area (TPSA) is 119 Å². The van der Waals surface area contributed by atoms with Crippen LogP contribution in [0.5, 0.6) is 5.88 Å². The number of aryl methyl sites for hydroxylation is 3. The number of hydrogen-bond acceptors (Lipinski definition) is 7. The number of nitrogens with one attached hydrogen (secondary N) is 1. The van der Waals surface area contributed by atoms with Crippen molar-refractivity contribution in [1.82, 2.24) is 24.6 Å². The fraction of sp³-hybridized carbons (Fsp3) is 0.364. The van der Waals surface area contributed by atoms with Crippen LogP contribution in [0.15, 0.2) is 41.6 Å². The van der Waals surface area contributed by atoms with Crippen molar-refractivity contribution >= 4 is 21.9 Å². The molecule has 11 heteroatoms. The molecule has 3 aromatic rings. The number of amides is 1. The molecule has 1 aliphatic rings. The SMILES string of the molecule is CC(=O)N1CCC(Oc2cc(-c3c(C)cccc3C)nc(NS(=O)(=O)c3cnn(C)c3)n2)C1. The maximum Gasteiger partial charge on any atom is 0.267 e. The van der Waals surface area contributed by atoms with Crippen LogP contribution in [-0.4, -0.2) is 58.2 Å². The number of anilines is 1. The predicted molar refractivity (Wildman–Crippen MR) is 122 cm³/mol. The smallest absolute Gasteiger partial charge is 0.267 e. The minimum absolute atomic E-state index is 0.00133. The maximum atomic E-state index is 12.8. The molecule has 1 aliphatic heterocycles. The second-order valence-corrected chi connectivity index (χ2v) is 9.81. The molecule has 1 N–H and O–H groups in total. The lowest BCUT2D eigenvalue weighted by molar-refractivity contribution is -0.128. The van der Waals surface area contributed by atoms with Gasteiger partial charge in [0.25, 0.3) is 10.0 Å². The molecule has 0 radical (unpaired) electrons. The van der Waals surface area contributed by atoms with E-state index >= 15 is 0 Å². The number of benzene rings is 1. The van der Waals surface area contributed by atoms with Gasteiger partial charge in [-0.05, 0) is 25.0 Å². The molecular weight excluding hydrogens is 444 g/mol. The maximum absolute atomic E-state index is 12.8. The largest absolute Gasteiger partial charge is 0.472 e. The van der Waals surface area contributed by atoms with E-state index in [0.717, 1.165) is 16.7 Å². The van der Waals surface area contributed by atoms with Gasteiger partial charge in [-0.25, -0.2) is 18.1 Å². The molecule has 1 unspecified atom stereocenters. The van der Waals surface area contributed by atoms with Crippen molar-refractivity contribution in [3.05, 3.63) is 47.8 Å². The number of ether oxygens (including phenoxy) is 1. The number of rotatable bonds is 6. The minimum Gasteiger partial charge on any atom is -0.472 e. The van der Waals surface area contributed by atoms with E-state index in [0.29, 0.717) is 25.2 Å². The Kier molecular flexibility index (Phi) is 6.07. The molecule has 1 atom stereocenters. The molecule has 0 saturated carbocycles. The van der Waals surface area contributed by atoms with Crippen LogP contribution < -0.4 is 9.46 Å². The van der Waals surface area contributed by atoms with E-state index in [9.17, 15) is 13.2 Å². The Bertz CT molecular complexity index is 1280. The Morgan fingerprint density at radius 1 is 1.21 bits per heavy atom. The number of sulfonamides is 1. The molecule has 0 aliphatic carbocycles. The van der Waals surface area contributed by atoms with Crippen molar-refractivity contribution in [3.63, 3.8) is 0 Å². The van der Waals surface area contributed by atoms with E-state index in [4.69, 9.17) is 4.74 Å². The molecule has 174 valence electrons. The average Bonchev–Trinajstić information content (AvgIpc) is 3.37. The monoisotopic (exact) mass is 470 g/mol. The van der Waals surface area contributed by atoms with Gasteiger partial charge < -0.3 is 9.64 Å². The van der Waals surface area contributed by atoms with Gasteiger partial charge in [0.15, 0.2) is 0 Å². The first-order valence-electron chi connectivity index (χ1n) is 10.5. The standard InChI is InChI=1S/C22H26N6O4S/c1-14-6-5-7-15(2)21(14)19-10-20(32-17-8-9-28(12-17)16(3)29)25-22(24-19)26-33(30,31)18-11-23-27(4)13-18/h5-7,10-11,13,17H,8-9,12H2,1-4H3,(H,24,25,26). The summed E-state index contributed by atoms with van der Waals surface area (Å²) in [7, 11) is -2.31. The zero-order valence-corrected chi connectivity index (χ0v) is 19.8. The van der Waals surface area contributed by atoms with Gasteiger partial charge in [-0.15, -0.1) is 0 Å². The predicted octanol–water partition coefficient (Wildman–Crippen LogP) is 2.29. The third kappa shape index (κ3) is 4.98. The number of hydrogen-bond donors (Lipinski definition) is 1.